The van der Waals surface area contributed by atoms with Gasteiger partial charge < -0.3 is 25.8 Å². The standard InChI is InChI=1S/C61H76N6O4/c1-9-10-33-50(59(71)64-51(42-45(2)3)58(70)62-40-26-39-57(69)66(43-46-27-14-11-15-28-46)44-47-29-16-12-17-30-47)63-56(68)38-24-25-41-67-53-35-23-21-32-49(53)61(6,7)55(67)37-19-13-18-36-54-60(4,5)48-31-20-22-34-52(48)65(54)8/h11-23,26-32,34-37,39,45,50-51H,9-10,24-25,33,38,40-44H2,1-8H3,(H2-,62,63,64,68,70,71)/p+1/b39-26+/t50-,51-/m0/s1. The average molecular weight is 958 g/mol. The fourth-order valence-electron chi connectivity index (χ4n) is 9.88. The lowest BCUT2D eigenvalue weighted by Crippen LogP contribution is -2.54. The molecule has 71 heavy (non-hydrogen) atoms. The molecule has 0 spiro atoms. The van der Waals surface area contributed by atoms with Gasteiger partial charge in [0.2, 0.25) is 29.3 Å². The van der Waals surface area contributed by atoms with Crippen molar-refractivity contribution in [1.29, 1.82) is 0 Å². The number of para-hydroxylation sites is 2. The molecule has 10 heteroatoms. The lowest BCUT2D eigenvalue weighted by molar-refractivity contribution is -0.401. The van der Waals surface area contributed by atoms with Crippen molar-refractivity contribution >= 4 is 40.7 Å². The summed E-state index contributed by atoms with van der Waals surface area (Å²) in [6.07, 6.45) is 18.1. The molecule has 0 aromatic heterocycles. The number of carbonyl (C=O) groups is 4. The van der Waals surface area contributed by atoms with Crippen molar-refractivity contribution in [2.45, 2.75) is 129 Å². The van der Waals surface area contributed by atoms with Gasteiger partial charge in [-0.25, -0.2) is 0 Å². The van der Waals surface area contributed by atoms with Crippen LogP contribution in [0.5, 0.6) is 0 Å². The van der Waals surface area contributed by atoms with Gasteiger partial charge in [0.15, 0.2) is 5.71 Å². The van der Waals surface area contributed by atoms with E-state index in [9.17, 15) is 19.2 Å². The molecular formula is C61H77N6O4+. The first-order valence-corrected chi connectivity index (χ1v) is 25.7. The predicted octanol–water partition coefficient (Wildman–Crippen LogP) is 10.8. The maximum absolute atomic E-state index is 13.9. The van der Waals surface area contributed by atoms with Crippen LogP contribution in [0.25, 0.3) is 0 Å². The van der Waals surface area contributed by atoms with Crippen molar-refractivity contribution < 1.29 is 23.8 Å². The van der Waals surface area contributed by atoms with Gasteiger partial charge in [-0.3, -0.25) is 19.2 Å². The highest BCUT2D eigenvalue weighted by molar-refractivity contribution is 6.03. The lowest BCUT2D eigenvalue weighted by Gasteiger charge is -2.27. The van der Waals surface area contributed by atoms with Crippen LogP contribution >= 0.6 is 0 Å². The Hall–Kier alpha value is -6.81. The van der Waals surface area contributed by atoms with Gasteiger partial charge in [0.1, 0.15) is 19.1 Å². The molecule has 0 saturated heterocycles. The number of anilines is 1. The maximum atomic E-state index is 13.9. The predicted molar refractivity (Wildman–Crippen MR) is 289 cm³/mol. The summed E-state index contributed by atoms with van der Waals surface area (Å²) in [6, 6.07) is 35.3. The Balaban J connectivity index is 1.02. The zero-order valence-corrected chi connectivity index (χ0v) is 43.4. The molecule has 2 heterocycles. The first-order chi connectivity index (χ1) is 34.1. The van der Waals surface area contributed by atoms with E-state index in [0.717, 1.165) is 36.9 Å². The smallest absolute Gasteiger partial charge is 0.246 e. The summed E-state index contributed by atoms with van der Waals surface area (Å²) in [5, 5.41) is 8.89. The minimum absolute atomic E-state index is 0.0886. The average Bonchev–Trinajstić information content (AvgIpc) is 3.69. The molecule has 374 valence electrons. The quantitative estimate of drug-likeness (QED) is 0.0280. The number of fused-ring (bicyclic) bond motifs is 2. The molecule has 10 nitrogen and oxygen atoms in total. The van der Waals surface area contributed by atoms with Crippen LogP contribution in [0.4, 0.5) is 11.4 Å². The van der Waals surface area contributed by atoms with E-state index in [1.54, 1.807) is 11.0 Å². The van der Waals surface area contributed by atoms with Crippen LogP contribution in [0.3, 0.4) is 0 Å². The van der Waals surface area contributed by atoms with Crippen LogP contribution in [-0.2, 0) is 43.1 Å². The summed E-state index contributed by atoms with van der Waals surface area (Å²) in [6.45, 7) is 16.9. The fourth-order valence-corrected chi connectivity index (χ4v) is 9.88. The fraction of sp³-hybridized carbons (Fsp3) is 0.393. The largest absolute Gasteiger partial charge is 0.351 e. The summed E-state index contributed by atoms with van der Waals surface area (Å²) in [5.74, 6) is -0.946. The highest BCUT2D eigenvalue weighted by Gasteiger charge is 2.43. The molecule has 0 aliphatic carbocycles. The highest BCUT2D eigenvalue weighted by atomic mass is 16.2. The summed E-state index contributed by atoms with van der Waals surface area (Å²) >= 11 is 0. The molecule has 0 bridgehead atoms. The Morgan fingerprint density at radius 3 is 1.99 bits per heavy atom. The molecule has 0 saturated carbocycles. The van der Waals surface area contributed by atoms with E-state index in [-0.39, 0.29) is 53.3 Å². The molecule has 2 atom stereocenters. The van der Waals surface area contributed by atoms with Crippen molar-refractivity contribution in [3.8, 4) is 0 Å². The van der Waals surface area contributed by atoms with Crippen LogP contribution in [0.1, 0.15) is 116 Å². The van der Waals surface area contributed by atoms with Crippen molar-refractivity contribution in [3.63, 3.8) is 0 Å². The third kappa shape index (κ3) is 14.2. The number of rotatable bonds is 24. The van der Waals surface area contributed by atoms with E-state index >= 15 is 0 Å². The topological polar surface area (TPSA) is 114 Å². The molecule has 6 rings (SSSR count). The molecule has 4 aromatic carbocycles. The van der Waals surface area contributed by atoms with Crippen LogP contribution in [0.2, 0.25) is 0 Å². The number of nitrogens with one attached hydrogen (secondary N) is 3. The van der Waals surface area contributed by atoms with Crippen molar-refractivity contribution in [1.82, 2.24) is 20.9 Å². The molecule has 4 amide bonds. The van der Waals surface area contributed by atoms with E-state index in [1.165, 1.54) is 40.0 Å². The Morgan fingerprint density at radius 1 is 0.704 bits per heavy atom. The molecule has 0 radical (unpaired) electrons. The monoisotopic (exact) mass is 958 g/mol. The van der Waals surface area contributed by atoms with E-state index < -0.39 is 12.1 Å². The number of unbranched alkanes of at least 4 members (excludes halogenated alkanes) is 2. The number of nitrogens with zero attached hydrogens (tertiary/aromatic N) is 3. The Kier molecular flexibility index (Phi) is 19.1. The van der Waals surface area contributed by atoms with Crippen molar-refractivity contribution in [2.24, 2.45) is 5.92 Å². The van der Waals surface area contributed by atoms with E-state index in [0.29, 0.717) is 32.4 Å². The van der Waals surface area contributed by atoms with Gasteiger partial charge in [0.25, 0.3) is 0 Å². The second kappa shape index (κ2) is 25.3. The first-order valence-electron chi connectivity index (χ1n) is 25.7. The second-order valence-corrected chi connectivity index (χ2v) is 20.4. The third-order valence-corrected chi connectivity index (χ3v) is 13.7. The second-order valence-electron chi connectivity index (χ2n) is 20.4. The summed E-state index contributed by atoms with van der Waals surface area (Å²) in [7, 11) is 2.13. The SMILES string of the molecule is CCCC[C@H](NC(=O)CCCCN1C(=CC=CC=CC2=[N+](C)c3ccccc3C2(C)C)C(C)(C)c2ccccc21)C(=O)N[C@@H](CC(C)C)C(=O)NC/C=C/C(=O)N(Cc1ccccc1)Cc1ccccc1. The molecule has 0 fully saturated rings. The van der Waals surface area contributed by atoms with Gasteiger partial charge in [0, 0.05) is 73.2 Å². The number of carbonyl (C=O) groups excluding carboxylic acids is 4. The molecule has 3 N–H and O–H groups in total. The summed E-state index contributed by atoms with van der Waals surface area (Å²) < 4.78 is 2.28. The van der Waals surface area contributed by atoms with Crippen LogP contribution in [-0.4, -0.2) is 71.0 Å². The molecule has 2 aliphatic heterocycles. The van der Waals surface area contributed by atoms with E-state index in [1.807, 2.05) is 81.4 Å². The van der Waals surface area contributed by atoms with E-state index in [2.05, 4.69) is 139 Å². The molecule has 4 aromatic rings. The summed E-state index contributed by atoms with van der Waals surface area (Å²) in [4.78, 5) is 58.6. The zero-order valence-electron chi connectivity index (χ0n) is 43.4. The van der Waals surface area contributed by atoms with Gasteiger partial charge in [-0.2, -0.15) is 4.58 Å². The maximum Gasteiger partial charge on any atom is 0.246 e. The zero-order chi connectivity index (χ0) is 51.0. The van der Waals surface area contributed by atoms with Crippen molar-refractivity contribution in [2.75, 3.05) is 25.0 Å². The molecule has 0 unspecified atom stereocenters. The Bertz CT molecular complexity index is 2570. The third-order valence-electron chi connectivity index (χ3n) is 13.7. The molecular weight excluding hydrogens is 881 g/mol. The van der Waals surface area contributed by atoms with Crippen LogP contribution in [0.15, 0.2) is 157 Å². The Morgan fingerprint density at radius 2 is 1.34 bits per heavy atom. The van der Waals surface area contributed by atoms with Gasteiger partial charge in [-0.15, -0.1) is 0 Å². The minimum Gasteiger partial charge on any atom is -0.351 e. The minimum atomic E-state index is -0.807. The highest BCUT2D eigenvalue weighted by Crippen LogP contribution is 2.47. The van der Waals surface area contributed by atoms with Gasteiger partial charge in [0.05, 0.1) is 5.41 Å². The number of hydrogen-bond donors (Lipinski definition) is 3. The van der Waals surface area contributed by atoms with Crippen LogP contribution in [0, 0.1) is 5.92 Å². The number of hydrogen-bond acceptors (Lipinski definition) is 5. The number of benzene rings is 4. The van der Waals surface area contributed by atoms with Gasteiger partial charge in [-0.05, 0) is 74.3 Å². The van der Waals surface area contributed by atoms with Crippen LogP contribution < -0.4 is 20.9 Å². The van der Waals surface area contributed by atoms with Gasteiger partial charge in [-0.1, -0.05) is 169 Å². The normalized spacial score (nSPS) is 16.2. The van der Waals surface area contributed by atoms with Crippen molar-refractivity contribution in [3.05, 3.63) is 180 Å². The first kappa shape index (κ1) is 53.5. The lowest BCUT2D eigenvalue weighted by atomic mass is 9.81. The molecule has 2 aliphatic rings. The Labute approximate surface area is 423 Å². The number of amides is 4. The van der Waals surface area contributed by atoms with E-state index in [4.69, 9.17) is 0 Å². The van der Waals surface area contributed by atoms with Gasteiger partial charge >= 0.3 is 0 Å². The summed E-state index contributed by atoms with van der Waals surface area (Å²) in [5.41, 5.74) is 9.24. The number of allylic oxidation sites excluding steroid dienone is 6.